The highest BCUT2D eigenvalue weighted by Gasteiger charge is 1.95. The number of aromatic amines is 1. The van der Waals surface area contributed by atoms with Crippen LogP contribution in [0.1, 0.15) is 0 Å². The van der Waals surface area contributed by atoms with E-state index in [9.17, 15) is 0 Å². The van der Waals surface area contributed by atoms with Crippen LogP contribution >= 0.6 is 0 Å². The third-order valence-electron chi connectivity index (χ3n) is 0.689. The lowest BCUT2D eigenvalue weighted by molar-refractivity contribution is -0.00000174. The minimum absolute atomic E-state index is 0. The molecule has 1 N–H and O–H groups in total. The van der Waals surface area contributed by atoms with Crippen LogP contribution in [0.5, 0.6) is 0 Å². The van der Waals surface area contributed by atoms with E-state index in [0.29, 0.717) is 5.82 Å². The van der Waals surface area contributed by atoms with E-state index in [-0.39, 0.29) is 12.4 Å². The van der Waals surface area contributed by atoms with Gasteiger partial charge in [0.1, 0.15) is 0 Å². The van der Waals surface area contributed by atoms with Crippen LogP contribution in [-0.2, 0) is 0 Å². The first-order valence-corrected chi connectivity index (χ1v) is 1.92. The van der Waals surface area contributed by atoms with Gasteiger partial charge in [0, 0.05) is 4.98 Å². The zero-order chi connectivity index (χ0) is 5.11. The summed E-state index contributed by atoms with van der Waals surface area (Å²) < 4.78 is 0. The van der Waals surface area contributed by atoms with Gasteiger partial charge in [-0.05, 0) is 6.07 Å². The average Bonchev–Trinajstić information content (AvgIpc) is 2.14. The Hall–Kier alpha value is -1.01. The van der Waals surface area contributed by atoms with E-state index in [1.165, 1.54) is 0 Å². The maximum Gasteiger partial charge on any atom is 0.422 e. The lowest BCUT2D eigenvalue weighted by Crippen LogP contribution is -3.00. The van der Waals surface area contributed by atoms with Gasteiger partial charge in [0.2, 0.25) is 0 Å². The first-order valence-electron chi connectivity index (χ1n) is 1.92. The third kappa shape index (κ3) is 1.24. The summed E-state index contributed by atoms with van der Waals surface area (Å²) in [4.78, 5) is 5.55. The van der Waals surface area contributed by atoms with Gasteiger partial charge < -0.3 is 12.4 Å². The fraction of sp³-hybridized carbons (Fsp3) is 0. The number of halogens is 1. The fourth-order valence-electron chi connectivity index (χ4n) is 0.383. The molecule has 1 aromatic heterocycles. The zero-order valence-electron chi connectivity index (χ0n) is 4.00. The van der Waals surface area contributed by atoms with Crippen molar-refractivity contribution in [2.24, 2.45) is 0 Å². The van der Waals surface area contributed by atoms with Gasteiger partial charge in [-0.25, -0.2) is 4.98 Å². The van der Waals surface area contributed by atoms with Crippen LogP contribution in [-0.4, -0.2) is 4.98 Å². The first-order chi connectivity index (χ1) is 3.43. The monoisotopic (exact) mass is 129 g/mol. The van der Waals surface area contributed by atoms with E-state index in [1.807, 2.05) is 0 Å². The number of H-pyrrole nitrogens is 1. The molecule has 0 aliphatic carbocycles. The van der Waals surface area contributed by atoms with E-state index in [2.05, 4.69) is 9.96 Å². The molecule has 1 rings (SSSR count). The van der Waals surface area contributed by atoms with Crippen molar-refractivity contribution in [3.63, 3.8) is 0 Å². The van der Waals surface area contributed by atoms with Crippen LogP contribution < -0.4 is 12.4 Å². The van der Waals surface area contributed by atoms with E-state index in [4.69, 9.17) is 5.39 Å². The van der Waals surface area contributed by atoms with E-state index in [1.54, 1.807) is 18.3 Å². The molecule has 0 unspecified atom stereocenters. The molecule has 42 valence electrons. The number of hydrogen-bond donors (Lipinski definition) is 1. The van der Waals surface area contributed by atoms with Crippen molar-refractivity contribution in [1.82, 2.24) is 4.98 Å². The Bertz CT molecular complexity index is 174. The smallest absolute Gasteiger partial charge is 0.422 e. The van der Waals surface area contributed by atoms with Gasteiger partial charge in [-0.3, -0.25) is 0 Å². The summed E-state index contributed by atoms with van der Waals surface area (Å²) in [7, 11) is 0. The molecule has 8 heavy (non-hydrogen) atoms. The number of nitrogens with zero attached hydrogens (tertiary/aromatic N) is 2. The highest BCUT2D eigenvalue weighted by atomic mass is 35.5. The number of hydrogen-bond acceptors (Lipinski definition) is 1. The Morgan fingerprint density at radius 2 is 2.38 bits per heavy atom. The molecular weight excluding hydrogens is 126 g/mol. The molecule has 0 atom stereocenters. The summed E-state index contributed by atoms with van der Waals surface area (Å²) in [5, 5.41) is 8.02. The Morgan fingerprint density at radius 3 is 2.62 bits per heavy atom. The molecule has 1 heterocycles. The molecule has 4 heteroatoms. The molecule has 0 aliphatic rings. The molecule has 3 nitrogen and oxygen atoms in total. The predicted molar refractivity (Wildman–Crippen MR) is 25.5 cm³/mol. The molecule has 0 saturated heterocycles. The minimum atomic E-state index is 0. The van der Waals surface area contributed by atoms with E-state index < -0.39 is 0 Å². The van der Waals surface area contributed by atoms with Gasteiger partial charge >= 0.3 is 5.82 Å². The summed E-state index contributed by atoms with van der Waals surface area (Å²) in [6.07, 6.45) is 1.69. The molecule has 0 saturated carbocycles. The Morgan fingerprint density at radius 1 is 1.62 bits per heavy atom. The van der Waals surface area contributed by atoms with Gasteiger partial charge in [-0.1, -0.05) is 0 Å². The minimum Gasteiger partial charge on any atom is -1.00 e. The van der Waals surface area contributed by atoms with Crippen LogP contribution in [0.15, 0.2) is 18.3 Å². The van der Waals surface area contributed by atoms with Gasteiger partial charge in [0.15, 0.2) is 0 Å². The van der Waals surface area contributed by atoms with Crippen molar-refractivity contribution >= 4 is 5.82 Å². The third-order valence-corrected chi connectivity index (χ3v) is 0.689. The lowest BCUT2D eigenvalue weighted by atomic mass is 10.6. The Labute approximate surface area is 52.8 Å². The quantitative estimate of drug-likeness (QED) is 0.426. The molecule has 1 aromatic rings. The van der Waals surface area contributed by atoms with E-state index in [0.717, 1.165) is 0 Å². The second-order valence-corrected chi connectivity index (χ2v) is 1.16. The normalized spacial score (nSPS) is 6.88. The van der Waals surface area contributed by atoms with Gasteiger partial charge in [-0.2, -0.15) is 0 Å². The summed E-state index contributed by atoms with van der Waals surface area (Å²) in [6, 6.07) is 3.43. The van der Waals surface area contributed by atoms with Crippen molar-refractivity contribution in [3.05, 3.63) is 23.3 Å². The van der Waals surface area contributed by atoms with Gasteiger partial charge in [0.05, 0.1) is 17.7 Å². The van der Waals surface area contributed by atoms with Crippen LogP contribution in [0.2, 0.25) is 0 Å². The van der Waals surface area contributed by atoms with Gasteiger partial charge in [0.25, 0.3) is 0 Å². The highest BCUT2D eigenvalue weighted by molar-refractivity contribution is 5.33. The number of aromatic nitrogens is 1. The van der Waals surface area contributed by atoms with Crippen LogP contribution in [0.3, 0.4) is 0 Å². The highest BCUT2D eigenvalue weighted by Crippen LogP contribution is 2.03. The van der Waals surface area contributed by atoms with Crippen LogP contribution in [0.4, 0.5) is 5.82 Å². The zero-order valence-corrected chi connectivity index (χ0v) is 4.76. The van der Waals surface area contributed by atoms with Crippen molar-refractivity contribution < 1.29 is 12.4 Å². The number of nitrogens with one attached hydrogen (secondary N) is 1. The second kappa shape index (κ2) is 3.05. The van der Waals surface area contributed by atoms with Crippen molar-refractivity contribution in [2.75, 3.05) is 0 Å². The molecule has 0 spiro atoms. The summed E-state index contributed by atoms with van der Waals surface area (Å²) in [5.41, 5.74) is 0. The Kier molecular flexibility index (Phi) is 2.67. The summed E-state index contributed by atoms with van der Waals surface area (Å²) in [5.74, 6) is 0.486. The Balaban J connectivity index is 0.000000490. The summed E-state index contributed by atoms with van der Waals surface area (Å²) in [6.45, 7) is 0. The van der Waals surface area contributed by atoms with Gasteiger partial charge in [-0.15, -0.1) is 0 Å². The van der Waals surface area contributed by atoms with Crippen LogP contribution in [0.25, 0.3) is 4.98 Å². The predicted octanol–water partition coefficient (Wildman–Crippen LogP) is -1.50. The maximum atomic E-state index is 8.02. The molecule has 0 amide bonds. The standard InChI is InChI=1S/C4H4N3.ClH/c5-7-4-2-1-3-6-4;/h1-3,6H;1H/q+1;/p-1. The molecule has 0 fully saturated rings. The van der Waals surface area contributed by atoms with Crippen molar-refractivity contribution in [3.8, 4) is 0 Å². The van der Waals surface area contributed by atoms with Crippen molar-refractivity contribution in [2.45, 2.75) is 0 Å². The van der Waals surface area contributed by atoms with Crippen LogP contribution in [0, 0.1) is 5.39 Å². The number of diazo groups is 1. The largest absolute Gasteiger partial charge is 1.00 e. The van der Waals surface area contributed by atoms with E-state index >= 15 is 0 Å². The molecular formula is C4H4ClN3. The molecule has 0 radical (unpaired) electrons. The topological polar surface area (TPSA) is 43.9 Å². The lowest BCUT2D eigenvalue weighted by Gasteiger charge is -1.52. The molecule has 0 bridgehead atoms. The first kappa shape index (κ1) is 6.99. The number of rotatable bonds is 0. The fourth-order valence-corrected chi connectivity index (χ4v) is 0.383. The SMILES string of the molecule is N#[N+]c1ccc[nH]1.[Cl-]. The summed E-state index contributed by atoms with van der Waals surface area (Å²) >= 11 is 0. The average molecular weight is 130 g/mol. The molecule has 0 aliphatic heterocycles. The van der Waals surface area contributed by atoms with Crippen molar-refractivity contribution in [1.29, 1.82) is 5.39 Å². The maximum absolute atomic E-state index is 8.02. The molecule has 0 aromatic carbocycles. The second-order valence-electron chi connectivity index (χ2n) is 1.16.